The summed E-state index contributed by atoms with van der Waals surface area (Å²) in [6.07, 6.45) is -0.694. The van der Waals surface area contributed by atoms with Crippen LogP contribution in [0.2, 0.25) is 5.02 Å². The number of aliphatic hydroxyl groups is 1. The molecule has 0 fully saturated rings. The smallest absolute Gasteiger partial charge is 0.233 e. The maximum Gasteiger partial charge on any atom is 0.233 e. The third kappa shape index (κ3) is 7.49. The number of benzene rings is 1. The number of thioether (sulfide) groups is 1. The number of hydrogen-bond acceptors (Lipinski definition) is 4. The van der Waals surface area contributed by atoms with Crippen LogP contribution in [0.3, 0.4) is 0 Å². The molecule has 6 heteroatoms. The molecule has 2 atom stereocenters. The molecule has 4 nitrogen and oxygen atoms in total. The van der Waals surface area contributed by atoms with Gasteiger partial charge in [0.1, 0.15) is 0 Å². The number of nitrogens with one attached hydrogen (secondary N) is 1. The van der Waals surface area contributed by atoms with Crippen molar-refractivity contribution < 1.29 is 14.6 Å². The second kappa shape index (κ2) is 10.1. The lowest BCUT2D eigenvalue weighted by atomic mass is 10.2. The van der Waals surface area contributed by atoms with Gasteiger partial charge in [-0.05, 0) is 25.0 Å². The van der Waals surface area contributed by atoms with Crippen LogP contribution in [0.5, 0.6) is 0 Å². The van der Waals surface area contributed by atoms with E-state index in [0.29, 0.717) is 17.5 Å². The fourth-order valence-electron chi connectivity index (χ4n) is 1.65. The molecular weight excluding hydrogens is 322 g/mol. The Bertz CT molecular complexity index is 470. The molecule has 0 aliphatic rings. The summed E-state index contributed by atoms with van der Waals surface area (Å²) < 4.78 is 5.34. The minimum absolute atomic E-state index is 0.132. The lowest BCUT2D eigenvalue weighted by Crippen LogP contribution is -2.38. The molecule has 0 saturated heterocycles. The summed E-state index contributed by atoms with van der Waals surface area (Å²) in [5.41, 5.74) is 0. The van der Waals surface area contributed by atoms with Crippen molar-refractivity contribution in [2.75, 3.05) is 19.8 Å². The van der Waals surface area contributed by atoms with Crippen LogP contribution in [0.25, 0.3) is 0 Å². The zero-order valence-corrected chi connectivity index (χ0v) is 14.8. The molecule has 0 aromatic heterocycles. The van der Waals surface area contributed by atoms with Crippen molar-refractivity contribution in [1.29, 1.82) is 0 Å². The largest absolute Gasteiger partial charge is 0.389 e. The highest BCUT2D eigenvalue weighted by Crippen LogP contribution is 2.29. The first kappa shape index (κ1) is 19.3. The highest BCUT2D eigenvalue weighted by molar-refractivity contribution is 8.00. The standard InChI is InChI=1S/C16H24ClNO3S/c1-11(2)9-21-10-13(19)8-18-16(20)12(3)22-15-7-5-4-6-14(15)17/h4-7,11-13,19H,8-10H2,1-3H3,(H,18,20)/t12-,13-/m0/s1. The SMILES string of the molecule is CC(C)COC[C@@H](O)CNC(=O)[C@H](C)Sc1ccccc1Cl. The van der Waals surface area contributed by atoms with Gasteiger partial charge in [0.2, 0.25) is 5.91 Å². The van der Waals surface area contributed by atoms with Gasteiger partial charge >= 0.3 is 0 Å². The minimum atomic E-state index is -0.694. The first-order valence-electron chi connectivity index (χ1n) is 7.34. The molecule has 0 saturated carbocycles. The van der Waals surface area contributed by atoms with Gasteiger partial charge in [-0.2, -0.15) is 0 Å². The second-order valence-corrected chi connectivity index (χ2v) is 7.31. The van der Waals surface area contributed by atoms with E-state index in [1.807, 2.05) is 39.0 Å². The summed E-state index contributed by atoms with van der Waals surface area (Å²) in [5, 5.41) is 12.8. The summed E-state index contributed by atoms with van der Waals surface area (Å²) in [5.74, 6) is 0.293. The molecule has 1 amide bonds. The van der Waals surface area contributed by atoms with E-state index < -0.39 is 6.10 Å². The first-order valence-corrected chi connectivity index (χ1v) is 8.60. The van der Waals surface area contributed by atoms with Gasteiger partial charge in [-0.15, -0.1) is 11.8 Å². The third-order valence-electron chi connectivity index (χ3n) is 2.78. The fourth-order valence-corrected chi connectivity index (χ4v) is 2.82. The number of ether oxygens (including phenoxy) is 1. The van der Waals surface area contributed by atoms with Crippen molar-refractivity contribution in [2.24, 2.45) is 5.92 Å². The van der Waals surface area contributed by atoms with Crippen LogP contribution >= 0.6 is 23.4 Å². The van der Waals surface area contributed by atoms with E-state index in [2.05, 4.69) is 5.32 Å². The van der Waals surface area contributed by atoms with Gasteiger partial charge in [-0.1, -0.05) is 37.6 Å². The van der Waals surface area contributed by atoms with Crippen LogP contribution in [-0.2, 0) is 9.53 Å². The van der Waals surface area contributed by atoms with E-state index in [1.54, 1.807) is 6.07 Å². The molecule has 2 N–H and O–H groups in total. The Labute approximate surface area is 141 Å². The normalized spacial score (nSPS) is 13.9. The van der Waals surface area contributed by atoms with E-state index in [-0.39, 0.29) is 24.3 Å². The minimum Gasteiger partial charge on any atom is -0.389 e. The molecule has 1 rings (SSSR count). The lowest BCUT2D eigenvalue weighted by molar-refractivity contribution is -0.121. The van der Waals surface area contributed by atoms with E-state index in [4.69, 9.17) is 16.3 Å². The zero-order valence-electron chi connectivity index (χ0n) is 13.2. The zero-order chi connectivity index (χ0) is 16.5. The average molecular weight is 346 g/mol. The number of halogens is 1. The van der Waals surface area contributed by atoms with Crippen molar-refractivity contribution in [3.8, 4) is 0 Å². The van der Waals surface area contributed by atoms with E-state index in [1.165, 1.54) is 11.8 Å². The van der Waals surface area contributed by atoms with Gasteiger partial charge in [0.25, 0.3) is 0 Å². The Balaban J connectivity index is 2.31. The topological polar surface area (TPSA) is 58.6 Å². The van der Waals surface area contributed by atoms with Crippen molar-refractivity contribution in [3.05, 3.63) is 29.3 Å². The van der Waals surface area contributed by atoms with Crippen LogP contribution in [0, 0.1) is 5.92 Å². The quantitative estimate of drug-likeness (QED) is 0.675. The number of hydrogen-bond donors (Lipinski definition) is 2. The Morgan fingerprint density at radius 2 is 2.00 bits per heavy atom. The number of aliphatic hydroxyl groups excluding tert-OH is 1. The Kier molecular flexibility index (Phi) is 8.86. The summed E-state index contributed by atoms with van der Waals surface area (Å²) in [6, 6.07) is 7.41. The van der Waals surface area contributed by atoms with Gasteiger partial charge in [0, 0.05) is 18.0 Å². The molecule has 0 unspecified atom stereocenters. The van der Waals surface area contributed by atoms with Crippen molar-refractivity contribution >= 4 is 29.3 Å². The van der Waals surface area contributed by atoms with E-state index >= 15 is 0 Å². The average Bonchev–Trinajstić information content (AvgIpc) is 2.46. The van der Waals surface area contributed by atoms with Gasteiger partial charge in [0.05, 0.1) is 23.0 Å². The van der Waals surface area contributed by atoms with Crippen molar-refractivity contribution in [2.45, 2.75) is 37.0 Å². The molecule has 1 aromatic rings. The van der Waals surface area contributed by atoms with Crippen LogP contribution in [0.4, 0.5) is 0 Å². The lowest BCUT2D eigenvalue weighted by Gasteiger charge is -2.16. The highest BCUT2D eigenvalue weighted by atomic mass is 35.5. The molecular formula is C16H24ClNO3S. The predicted octanol–water partition coefficient (Wildman–Crippen LogP) is 2.97. The summed E-state index contributed by atoms with van der Waals surface area (Å²) in [6.45, 7) is 6.91. The second-order valence-electron chi connectivity index (χ2n) is 5.52. The van der Waals surface area contributed by atoms with Gasteiger partial charge in [-0.3, -0.25) is 4.79 Å². The maximum atomic E-state index is 12.0. The first-order chi connectivity index (χ1) is 10.4. The molecule has 0 heterocycles. The number of rotatable bonds is 9. The van der Waals surface area contributed by atoms with E-state index in [9.17, 15) is 9.90 Å². The van der Waals surface area contributed by atoms with E-state index in [0.717, 1.165) is 4.90 Å². The Hall–Kier alpha value is -0.750. The van der Waals surface area contributed by atoms with Crippen molar-refractivity contribution in [3.63, 3.8) is 0 Å². The summed E-state index contributed by atoms with van der Waals surface area (Å²) >= 11 is 7.47. The summed E-state index contributed by atoms with van der Waals surface area (Å²) in [7, 11) is 0. The number of amides is 1. The van der Waals surface area contributed by atoms with Gasteiger partial charge < -0.3 is 15.2 Å². The van der Waals surface area contributed by atoms with Gasteiger partial charge in [0.15, 0.2) is 0 Å². The molecule has 124 valence electrons. The molecule has 0 bridgehead atoms. The Morgan fingerprint density at radius 3 is 2.64 bits per heavy atom. The Morgan fingerprint density at radius 1 is 1.32 bits per heavy atom. The van der Waals surface area contributed by atoms with Crippen LogP contribution < -0.4 is 5.32 Å². The van der Waals surface area contributed by atoms with Crippen LogP contribution in [-0.4, -0.2) is 42.1 Å². The third-order valence-corrected chi connectivity index (χ3v) is 4.40. The van der Waals surface area contributed by atoms with Crippen LogP contribution in [0.1, 0.15) is 20.8 Å². The predicted molar refractivity (Wildman–Crippen MR) is 91.4 cm³/mol. The monoisotopic (exact) mass is 345 g/mol. The molecule has 0 spiro atoms. The summed E-state index contributed by atoms with van der Waals surface area (Å²) in [4.78, 5) is 12.9. The molecule has 22 heavy (non-hydrogen) atoms. The maximum absolute atomic E-state index is 12.0. The fraction of sp³-hybridized carbons (Fsp3) is 0.562. The molecule has 0 radical (unpaired) electrons. The highest BCUT2D eigenvalue weighted by Gasteiger charge is 2.16. The number of carbonyl (C=O) groups is 1. The molecule has 0 aliphatic carbocycles. The van der Waals surface area contributed by atoms with Gasteiger partial charge in [-0.25, -0.2) is 0 Å². The van der Waals surface area contributed by atoms with Crippen molar-refractivity contribution in [1.82, 2.24) is 5.32 Å². The number of carbonyl (C=O) groups excluding carboxylic acids is 1. The molecule has 0 aliphatic heterocycles. The molecule has 1 aromatic carbocycles. The van der Waals surface area contributed by atoms with Crippen LogP contribution in [0.15, 0.2) is 29.2 Å².